The minimum absolute atomic E-state index is 0.148. The zero-order chi connectivity index (χ0) is 14.0. The normalized spacial score (nSPS) is 34.1. The lowest BCUT2D eigenvalue weighted by atomic mass is 9.91. The lowest BCUT2D eigenvalue weighted by Crippen LogP contribution is -2.60. The van der Waals surface area contributed by atoms with Gasteiger partial charge in [0.2, 0.25) is 0 Å². The first-order chi connectivity index (χ1) is 9.04. The monoisotopic (exact) mass is 269 g/mol. The zero-order valence-corrected chi connectivity index (χ0v) is 13.1. The van der Waals surface area contributed by atoms with Crippen molar-refractivity contribution >= 4 is 0 Å². The predicted molar refractivity (Wildman–Crippen MR) is 79.3 cm³/mol. The van der Waals surface area contributed by atoms with E-state index in [1.807, 2.05) is 0 Å². The van der Waals surface area contributed by atoms with Gasteiger partial charge in [0.05, 0.1) is 6.61 Å². The largest absolute Gasteiger partial charge is 0.383 e. The third kappa shape index (κ3) is 3.13. The minimum atomic E-state index is 0.148. The highest BCUT2D eigenvalue weighted by molar-refractivity contribution is 5.05. The number of likely N-dealkylation sites (tertiary alicyclic amines) is 1. The molecule has 3 unspecified atom stereocenters. The summed E-state index contributed by atoms with van der Waals surface area (Å²) in [4.78, 5) is 5.11. The average molecular weight is 269 g/mol. The van der Waals surface area contributed by atoms with Crippen molar-refractivity contribution in [2.45, 2.75) is 50.7 Å². The van der Waals surface area contributed by atoms with Crippen LogP contribution in [0.25, 0.3) is 0 Å². The van der Waals surface area contributed by atoms with E-state index in [1.165, 1.54) is 19.3 Å². The van der Waals surface area contributed by atoms with E-state index in [1.54, 1.807) is 7.11 Å². The minimum Gasteiger partial charge on any atom is -0.383 e. The Morgan fingerprint density at radius 3 is 2.58 bits per heavy atom. The fraction of sp³-hybridized carbons (Fsp3) is 1.00. The van der Waals surface area contributed by atoms with E-state index in [2.05, 4.69) is 30.7 Å². The second-order valence-corrected chi connectivity index (χ2v) is 6.66. The van der Waals surface area contributed by atoms with E-state index < -0.39 is 0 Å². The van der Waals surface area contributed by atoms with Gasteiger partial charge in [0.1, 0.15) is 0 Å². The van der Waals surface area contributed by atoms with Gasteiger partial charge >= 0.3 is 0 Å². The molecule has 2 rings (SSSR count). The molecule has 2 N–H and O–H groups in total. The quantitative estimate of drug-likeness (QED) is 0.753. The van der Waals surface area contributed by atoms with Gasteiger partial charge in [-0.15, -0.1) is 0 Å². The standard InChI is InChI=1S/C15H31N3O/c1-12-9-15(10-16,11-17(12)3)18(7-8-19-4)13(2)14-5-6-14/h12-14H,5-11,16H2,1-4H3. The molecule has 4 heteroatoms. The Balaban J connectivity index is 2.14. The van der Waals surface area contributed by atoms with Crippen LogP contribution in [0.3, 0.4) is 0 Å². The molecule has 1 heterocycles. The zero-order valence-electron chi connectivity index (χ0n) is 13.1. The average Bonchev–Trinajstić information content (AvgIpc) is 3.18. The molecule has 0 aromatic carbocycles. The van der Waals surface area contributed by atoms with Crippen LogP contribution < -0.4 is 5.73 Å². The first kappa shape index (κ1) is 15.2. The highest BCUT2D eigenvalue weighted by atomic mass is 16.5. The fourth-order valence-corrected chi connectivity index (χ4v) is 3.76. The van der Waals surface area contributed by atoms with Crippen LogP contribution in [0, 0.1) is 5.92 Å². The van der Waals surface area contributed by atoms with E-state index in [9.17, 15) is 0 Å². The van der Waals surface area contributed by atoms with Crippen LogP contribution in [-0.2, 0) is 4.74 Å². The molecule has 0 aromatic rings. The molecule has 19 heavy (non-hydrogen) atoms. The Hall–Kier alpha value is -0.160. The molecule has 2 aliphatic rings. The van der Waals surface area contributed by atoms with E-state index in [0.29, 0.717) is 12.1 Å². The van der Waals surface area contributed by atoms with Crippen molar-refractivity contribution in [3.8, 4) is 0 Å². The molecule has 3 atom stereocenters. The summed E-state index contributed by atoms with van der Waals surface area (Å²) in [5.74, 6) is 0.876. The van der Waals surface area contributed by atoms with Crippen molar-refractivity contribution in [1.29, 1.82) is 0 Å². The Morgan fingerprint density at radius 2 is 2.16 bits per heavy atom. The van der Waals surface area contributed by atoms with Gasteiger partial charge in [-0.25, -0.2) is 0 Å². The van der Waals surface area contributed by atoms with Gasteiger partial charge in [0, 0.05) is 44.4 Å². The van der Waals surface area contributed by atoms with Crippen molar-refractivity contribution in [2.75, 3.05) is 40.4 Å². The Morgan fingerprint density at radius 1 is 1.47 bits per heavy atom. The fourth-order valence-electron chi connectivity index (χ4n) is 3.76. The van der Waals surface area contributed by atoms with Gasteiger partial charge in [0.15, 0.2) is 0 Å². The van der Waals surface area contributed by atoms with Gasteiger partial charge in [-0.2, -0.15) is 0 Å². The molecule has 1 aliphatic heterocycles. The number of likely N-dealkylation sites (N-methyl/N-ethyl adjacent to an activating group) is 1. The van der Waals surface area contributed by atoms with Gasteiger partial charge in [-0.1, -0.05) is 0 Å². The Labute approximate surface area is 118 Å². The maximum atomic E-state index is 6.22. The van der Waals surface area contributed by atoms with Crippen LogP contribution in [0.2, 0.25) is 0 Å². The molecule has 2 fully saturated rings. The van der Waals surface area contributed by atoms with E-state index in [-0.39, 0.29) is 5.54 Å². The van der Waals surface area contributed by atoms with Crippen molar-refractivity contribution < 1.29 is 4.74 Å². The molecule has 1 aliphatic carbocycles. The molecule has 1 saturated carbocycles. The number of methoxy groups -OCH3 is 1. The predicted octanol–water partition coefficient (Wildman–Crippen LogP) is 1.15. The van der Waals surface area contributed by atoms with Crippen molar-refractivity contribution in [3.63, 3.8) is 0 Å². The summed E-state index contributed by atoms with van der Waals surface area (Å²) in [5.41, 5.74) is 6.36. The Bertz CT molecular complexity index is 283. The van der Waals surface area contributed by atoms with Crippen LogP contribution in [0.4, 0.5) is 0 Å². The molecule has 0 bridgehead atoms. The van der Waals surface area contributed by atoms with Crippen LogP contribution in [0.15, 0.2) is 0 Å². The summed E-state index contributed by atoms with van der Waals surface area (Å²) >= 11 is 0. The maximum absolute atomic E-state index is 6.22. The second-order valence-electron chi connectivity index (χ2n) is 6.66. The SMILES string of the molecule is COCCN(C(C)C1CC1)C1(CN)CC(C)N(C)C1. The molecule has 4 nitrogen and oxygen atoms in total. The summed E-state index contributed by atoms with van der Waals surface area (Å²) < 4.78 is 5.33. The third-order valence-corrected chi connectivity index (χ3v) is 5.29. The first-order valence-electron chi connectivity index (χ1n) is 7.70. The highest BCUT2D eigenvalue weighted by Crippen LogP contribution is 2.40. The Kier molecular flexibility index (Phi) is 4.88. The lowest BCUT2D eigenvalue weighted by molar-refractivity contribution is 0.0267. The molecule has 0 amide bonds. The topological polar surface area (TPSA) is 41.7 Å². The molecule has 0 radical (unpaired) electrons. The smallest absolute Gasteiger partial charge is 0.0590 e. The van der Waals surface area contributed by atoms with Crippen LogP contribution in [0.5, 0.6) is 0 Å². The molecule has 112 valence electrons. The third-order valence-electron chi connectivity index (χ3n) is 5.29. The summed E-state index contributed by atoms with van der Waals surface area (Å²) in [5, 5.41) is 0. The highest BCUT2D eigenvalue weighted by Gasteiger charge is 2.47. The van der Waals surface area contributed by atoms with Crippen molar-refractivity contribution in [3.05, 3.63) is 0 Å². The van der Waals surface area contributed by atoms with Gasteiger partial charge in [-0.05, 0) is 46.1 Å². The molecular formula is C15H31N3O. The van der Waals surface area contributed by atoms with Crippen LogP contribution in [-0.4, -0.2) is 67.8 Å². The summed E-state index contributed by atoms with van der Waals surface area (Å²) in [6.07, 6.45) is 3.95. The molecule has 0 spiro atoms. The second kappa shape index (κ2) is 6.08. The molecule has 0 aromatic heterocycles. The maximum Gasteiger partial charge on any atom is 0.0590 e. The molecule has 1 saturated heterocycles. The summed E-state index contributed by atoms with van der Waals surface area (Å²) in [6.45, 7) is 8.35. The first-order valence-corrected chi connectivity index (χ1v) is 7.70. The number of nitrogens with two attached hydrogens (primary N) is 1. The summed E-state index contributed by atoms with van der Waals surface area (Å²) in [7, 11) is 4.01. The van der Waals surface area contributed by atoms with E-state index in [0.717, 1.165) is 32.2 Å². The van der Waals surface area contributed by atoms with Crippen LogP contribution in [0.1, 0.15) is 33.1 Å². The molecular weight excluding hydrogens is 238 g/mol. The van der Waals surface area contributed by atoms with Crippen molar-refractivity contribution in [1.82, 2.24) is 9.80 Å². The van der Waals surface area contributed by atoms with E-state index >= 15 is 0 Å². The van der Waals surface area contributed by atoms with Crippen LogP contribution >= 0.6 is 0 Å². The number of ether oxygens (including phenoxy) is 1. The van der Waals surface area contributed by atoms with Crippen molar-refractivity contribution in [2.24, 2.45) is 11.7 Å². The van der Waals surface area contributed by atoms with E-state index in [4.69, 9.17) is 10.5 Å². The number of rotatable bonds is 7. The number of nitrogens with zero attached hydrogens (tertiary/aromatic N) is 2. The van der Waals surface area contributed by atoms with Gasteiger partial charge < -0.3 is 15.4 Å². The van der Waals surface area contributed by atoms with Gasteiger partial charge in [-0.3, -0.25) is 4.90 Å². The summed E-state index contributed by atoms with van der Waals surface area (Å²) in [6, 6.07) is 1.26. The number of hydrogen-bond donors (Lipinski definition) is 1. The lowest BCUT2D eigenvalue weighted by Gasteiger charge is -2.44. The van der Waals surface area contributed by atoms with Gasteiger partial charge in [0.25, 0.3) is 0 Å². The number of hydrogen-bond acceptors (Lipinski definition) is 4.